The Morgan fingerprint density at radius 1 is 1.10 bits per heavy atom. The first-order valence-electron chi connectivity index (χ1n) is 9.98. The maximum atomic E-state index is 12.7. The summed E-state index contributed by atoms with van der Waals surface area (Å²) in [6.45, 7) is 7.23. The maximum absolute atomic E-state index is 12.7. The van der Waals surface area contributed by atoms with Gasteiger partial charge >= 0.3 is 11.7 Å². The molecule has 0 fully saturated rings. The summed E-state index contributed by atoms with van der Waals surface area (Å²) in [5, 5.41) is 13.9. The van der Waals surface area contributed by atoms with Crippen LogP contribution in [0.15, 0.2) is 53.3 Å². The molecule has 0 unspecified atom stereocenters. The minimum atomic E-state index is -0.946. The van der Waals surface area contributed by atoms with Crippen LogP contribution in [0.4, 0.5) is 0 Å². The highest BCUT2D eigenvalue weighted by Crippen LogP contribution is 2.24. The topological polar surface area (TPSA) is 77.1 Å². The summed E-state index contributed by atoms with van der Waals surface area (Å²) in [4.78, 5) is 24.1. The molecule has 0 radical (unpaired) electrons. The maximum Gasteiger partial charge on any atom is 0.346 e. The zero-order valence-electron chi connectivity index (χ0n) is 17.1. The lowest BCUT2D eigenvalue weighted by molar-refractivity contribution is 0.0697. The lowest BCUT2D eigenvalue weighted by Crippen LogP contribution is -2.25. The van der Waals surface area contributed by atoms with Gasteiger partial charge < -0.3 is 5.11 Å². The normalized spacial score (nSPS) is 11.2. The Labute approximate surface area is 170 Å². The molecule has 6 nitrogen and oxygen atoms in total. The van der Waals surface area contributed by atoms with Gasteiger partial charge in [-0.25, -0.2) is 14.3 Å². The van der Waals surface area contributed by atoms with E-state index in [1.807, 2.05) is 37.3 Å². The molecule has 1 aromatic heterocycles. The highest BCUT2D eigenvalue weighted by molar-refractivity contribution is 5.95. The van der Waals surface area contributed by atoms with E-state index >= 15 is 0 Å². The Bertz CT molecular complexity index is 1050. The zero-order valence-corrected chi connectivity index (χ0v) is 17.1. The van der Waals surface area contributed by atoms with Gasteiger partial charge in [0.15, 0.2) is 0 Å². The van der Waals surface area contributed by atoms with Gasteiger partial charge in [-0.1, -0.05) is 56.3 Å². The highest BCUT2D eigenvalue weighted by Gasteiger charge is 2.14. The van der Waals surface area contributed by atoms with Crippen molar-refractivity contribution >= 4 is 5.97 Å². The fourth-order valence-electron chi connectivity index (χ4n) is 3.35. The van der Waals surface area contributed by atoms with Crippen molar-refractivity contribution in [2.75, 3.05) is 0 Å². The van der Waals surface area contributed by atoms with Gasteiger partial charge in [0.2, 0.25) is 0 Å². The van der Waals surface area contributed by atoms with E-state index in [2.05, 4.69) is 18.9 Å². The van der Waals surface area contributed by atoms with Gasteiger partial charge in [-0.2, -0.15) is 5.10 Å². The van der Waals surface area contributed by atoms with E-state index < -0.39 is 5.97 Å². The number of nitrogens with zero attached hydrogens (tertiary/aromatic N) is 3. The molecular formula is C23H27N3O3. The molecule has 1 N–H and O–H groups in total. The minimum absolute atomic E-state index is 0.0912. The molecule has 0 atom stereocenters. The SMILES string of the molecule is CCn1nc(CCC(C)C)n(Cc2ccc(-c3ccccc3C(=O)O)cc2)c1=O. The van der Waals surface area contributed by atoms with Crippen molar-refractivity contribution in [2.24, 2.45) is 5.92 Å². The van der Waals surface area contributed by atoms with E-state index in [1.165, 1.54) is 4.68 Å². The Morgan fingerprint density at radius 3 is 2.41 bits per heavy atom. The average molecular weight is 393 g/mol. The van der Waals surface area contributed by atoms with Gasteiger partial charge in [0.05, 0.1) is 12.1 Å². The summed E-state index contributed by atoms with van der Waals surface area (Å²) >= 11 is 0. The van der Waals surface area contributed by atoms with Crippen LogP contribution >= 0.6 is 0 Å². The summed E-state index contributed by atoms with van der Waals surface area (Å²) in [6, 6.07) is 14.6. The van der Waals surface area contributed by atoms with Crippen molar-refractivity contribution in [2.45, 2.75) is 46.7 Å². The van der Waals surface area contributed by atoms with Gasteiger partial charge in [-0.15, -0.1) is 0 Å². The van der Waals surface area contributed by atoms with Crippen LogP contribution < -0.4 is 5.69 Å². The Morgan fingerprint density at radius 2 is 1.79 bits per heavy atom. The second kappa shape index (κ2) is 8.90. The van der Waals surface area contributed by atoms with Crippen LogP contribution in [0.5, 0.6) is 0 Å². The molecule has 0 bridgehead atoms. The molecule has 0 spiro atoms. The third-order valence-electron chi connectivity index (χ3n) is 5.01. The van der Waals surface area contributed by atoms with Crippen LogP contribution in [-0.4, -0.2) is 25.4 Å². The van der Waals surface area contributed by atoms with E-state index in [0.29, 0.717) is 24.6 Å². The van der Waals surface area contributed by atoms with Crippen LogP contribution in [0.1, 0.15) is 48.9 Å². The van der Waals surface area contributed by atoms with Crippen molar-refractivity contribution in [3.05, 3.63) is 76.0 Å². The number of aryl methyl sites for hydroxylation is 2. The van der Waals surface area contributed by atoms with Crippen molar-refractivity contribution in [3.63, 3.8) is 0 Å². The van der Waals surface area contributed by atoms with Crippen molar-refractivity contribution in [1.82, 2.24) is 14.3 Å². The van der Waals surface area contributed by atoms with Crippen molar-refractivity contribution in [3.8, 4) is 11.1 Å². The number of hydrogen-bond donors (Lipinski definition) is 1. The van der Waals surface area contributed by atoms with Gasteiger partial charge in [0, 0.05) is 13.0 Å². The first kappa shape index (κ1) is 20.6. The van der Waals surface area contributed by atoms with Crippen molar-refractivity contribution in [1.29, 1.82) is 0 Å². The van der Waals surface area contributed by atoms with Gasteiger partial charge in [-0.3, -0.25) is 4.57 Å². The largest absolute Gasteiger partial charge is 0.478 e. The predicted octanol–water partition coefficient (Wildman–Crippen LogP) is 4.07. The monoisotopic (exact) mass is 393 g/mol. The average Bonchev–Trinajstić information content (AvgIpc) is 3.02. The first-order valence-corrected chi connectivity index (χ1v) is 9.98. The molecule has 2 aromatic carbocycles. The number of hydrogen-bond acceptors (Lipinski definition) is 3. The molecule has 0 saturated heterocycles. The molecule has 0 aliphatic heterocycles. The van der Waals surface area contributed by atoms with Gasteiger partial charge in [0.1, 0.15) is 5.82 Å². The molecule has 6 heteroatoms. The van der Waals surface area contributed by atoms with Crippen LogP contribution in [0.2, 0.25) is 0 Å². The van der Waals surface area contributed by atoms with E-state index in [4.69, 9.17) is 0 Å². The molecule has 1 heterocycles. The van der Waals surface area contributed by atoms with E-state index in [1.54, 1.807) is 22.8 Å². The van der Waals surface area contributed by atoms with Gasteiger partial charge in [-0.05, 0) is 42.0 Å². The third-order valence-corrected chi connectivity index (χ3v) is 5.01. The number of carboxylic acid groups (broad SMARTS) is 1. The number of carbonyl (C=O) groups is 1. The third kappa shape index (κ3) is 4.65. The smallest absolute Gasteiger partial charge is 0.346 e. The number of aromatic carboxylic acids is 1. The number of aromatic nitrogens is 3. The van der Waals surface area contributed by atoms with E-state index in [-0.39, 0.29) is 11.3 Å². The van der Waals surface area contributed by atoms with Gasteiger partial charge in [0.25, 0.3) is 0 Å². The van der Waals surface area contributed by atoms with Crippen LogP contribution in [0.25, 0.3) is 11.1 Å². The Balaban J connectivity index is 1.88. The zero-order chi connectivity index (χ0) is 21.0. The minimum Gasteiger partial charge on any atom is -0.478 e. The molecule has 3 rings (SSSR count). The molecule has 152 valence electrons. The fraction of sp³-hybridized carbons (Fsp3) is 0.348. The van der Waals surface area contributed by atoms with Crippen LogP contribution in [0.3, 0.4) is 0 Å². The van der Waals surface area contributed by atoms with Crippen LogP contribution in [-0.2, 0) is 19.5 Å². The summed E-state index contributed by atoms with van der Waals surface area (Å²) in [7, 11) is 0. The molecular weight excluding hydrogens is 366 g/mol. The second-order valence-corrected chi connectivity index (χ2v) is 7.58. The molecule has 0 amide bonds. The molecule has 0 aliphatic carbocycles. The predicted molar refractivity (Wildman–Crippen MR) is 113 cm³/mol. The standard InChI is InChI=1S/C23H27N3O3/c1-4-26-23(29)25(21(24-26)14-9-16(2)3)15-17-10-12-18(13-11-17)19-7-5-6-8-20(19)22(27)28/h5-8,10-13,16H,4,9,14-15H2,1-3H3,(H,27,28). The summed E-state index contributed by atoms with van der Waals surface area (Å²) in [5.74, 6) is 0.405. The Kier molecular flexibility index (Phi) is 6.32. The highest BCUT2D eigenvalue weighted by atomic mass is 16.4. The first-order chi connectivity index (χ1) is 13.9. The molecule has 0 saturated carbocycles. The second-order valence-electron chi connectivity index (χ2n) is 7.58. The summed E-state index contributed by atoms with van der Waals surface area (Å²) in [6.07, 6.45) is 1.75. The quantitative estimate of drug-likeness (QED) is 0.626. The van der Waals surface area contributed by atoms with E-state index in [9.17, 15) is 14.7 Å². The lowest BCUT2D eigenvalue weighted by atomic mass is 9.99. The molecule has 0 aliphatic rings. The summed E-state index contributed by atoms with van der Waals surface area (Å²) < 4.78 is 3.25. The lowest BCUT2D eigenvalue weighted by Gasteiger charge is -2.09. The molecule has 29 heavy (non-hydrogen) atoms. The Hall–Kier alpha value is -3.15. The number of carboxylic acids is 1. The fourth-order valence-corrected chi connectivity index (χ4v) is 3.35. The molecule has 3 aromatic rings. The summed E-state index contributed by atoms with van der Waals surface area (Å²) in [5.41, 5.74) is 2.68. The number of rotatable bonds is 8. The van der Waals surface area contributed by atoms with Crippen molar-refractivity contribution < 1.29 is 9.90 Å². The number of benzene rings is 2. The van der Waals surface area contributed by atoms with Crippen LogP contribution in [0, 0.1) is 5.92 Å². The van der Waals surface area contributed by atoms with E-state index in [0.717, 1.165) is 29.8 Å².